The Morgan fingerprint density at radius 1 is 1.47 bits per heavy atom. The minimum Gasteiger partial charge on any atom is -0.348 e. The van der Waals surface area contributed by atoms with Crippen molar-refractivity contribution in [1.29, 1.82) is 0 Å². The van der Waals surface area contributed by atoms with Crippen LogP contribution in [0, 0.1) is 6.92 Å². The van der Waals surface area contributed by atoms with E-state index in [-0.39, 0.29) is 0 Å². The lowest BCUT2D eigenvalue weighted by atomic mass is 10.3. The van der Waals surface area contributed by atoms with Gasteiger partial charge in [-0.1, -0.05) is 0 Å². The molecule has 2 N–H and O–H groups in total. The second-order valence-electron chi connectivity index (χ2n) is 3.59. The fourth-order valence-corrected chi connectivity index (χ4v) is 3.73. The average molecular weight is 271 g/mol. The molecule has 2 heterocycles. The van der Waals surface area contributed by atoms with Crippen LogP contribution in [0.15, 0.2) is 28.9 Å². The molecule has 2 rings (SSSR count). The largest absolute Gasteiger partial charge is 0.348 e. The first-order valence-corrected chi connectivity index (χ1v) is 7.41. The van der Waals surface area contributed by atoms with Crippen molar-refractivity contribution in [1.82, 2.24) is 14.7 Å². The third-order valence-electron chi connectivity index (χ3n) is 2.22. The number of sulfonamides is 1. The Bertz CT molecular complexity index is 572. The van der Waals surface area contributed by atoms with Gasteiger partial charge >= 0.3 is 0 Å². The number of aryl methyl sites for hydroxylation is 1. The molecule has 7 heteroatoms. The molecule has 0 aliphatic heterocycles. The standard InChI is InChI=1S/C10H13N3O2S2/c1-8-2-3-10(16-8)17(14,15)13-5-4-9-6-11-7-12-9/h2-3,6-7,13H,4-5H2,1H3,(H,11,12). The molecule has 0 bridgehead atoms. The van der Waals surface area contributed by atoms with E-state index in [0.29, 0.717) is 17.2 Å². The van der Waals surface area contributed by atoms with E-state index in [0.717, 1.165) is 10.6 Å². The van der Waals surface area contributed by atoms with Crippen molar-refractivity contribution in [2.24, 2.45) is 0 Å². The number of rotatable bonds is 5. The molecule has 0 amide bonds. The topological polar surface area (TPSA) is 74.8 Å². The Balaban J connectivity index is 1.94. The molecule has 0 saturated heterocycles. The lowest BCUT2D eigenvalue weighted by Crippen LogP contribution is -2.25. The van der Waals surface area contributed by atoms with E-state index in [9.17, 15) is 8.42 Å². The summed E-state index contributed by atoms with van der Waals surface area (Å²) in [6.45, 7) is 2.25. The van der Waals surface area contributed by atoms with Crippen molar-refractivity contribution in [3.63, 3.8) is 0 Å². The molecule has 2 aromatic heterocycles. The summed E-state index contributed by atoms with van der Waals surface area (Å²) in [6.07, 6.45) is 3.86. The van der Waals surface area contributed by atoms with Crippen molar-refractivity contribution in [2.45, 2.75) is 17.6 Å². The Hall–Kier alpha value is -1.18. The van der Waals surface area contributed by atoms with Crippen LogP contribution in [-0.4, -0.2) is 24.9 Å². The zero-order valence-corrected chi connectivity index (χ0v) is 10.9. The van der Waals surface area contributed by atoms with Crippen LogP contribution in [0.5, 0.6) is 0 Å². The van der Waals surface area contributed by atoms with Crippen LogP contribution in [0.3, 0.4) is 0 Å². The highest BCUT2D eigenvalue weighted by Crippen LogP contribution is 2.20. The van der Waals surface area contributed by atoms with Crippen LogP contribution in [0.25, 0.3) is 0 Å². The van der Waals surface area contributed by atoms with Gasteiger partial charge in [-0.3, -0.25) is 0 Å². The predicted octanol–water partition coefficient (Wildman–Crippen LogP) is 1.30. The number of hydrogen-bond donors (Lipinski definition) is 2. The number of imidazole rings is 1. The summed E-state index contributed by atoms with van der Waals surface area (Å²) in [6, 6.07) is 3.42. The van der Waals surface area contributed by atoms with E-state index < -0.39 is 10.0 Å². The van der Waals surface area contributed by atoms with Crippen LogP contribution in [0.4, 0.5) is 0 Å². The Morgan fingerprint density at radius 3 is 2.88 bits per heavy atom. The molecule has 0 aliphatic carbocycles. The zero-order chi connectivity index (χ0) is 12.3. The number of thiophene rings is 1. The SMILES string of the molecule is Cc1ccc(S(=O)(=O)NCCc2cnc[nH]2)s1. The Morgan fingerprint density at radius 2 is 2.29 bits per heavy atom. The van der Waals surface area contributed by atoms with Gasteiger partial charge < -0.3 is 4.98 Å². The molecule has 0 aromatic carbocycles. The van der Waals surface area contributed by atoms with Crippen LogP contribution in [-0.2, 0) is 16.4 Å². The molecule has 0 saturated carbocycles. The first kappa shape index (κ1) is 12.3. The van der Waals surface area contributed by atoms with E-state index >= 15 is 0 Å². The second-order valence-corrected chi connectivity index (χ2v) is 6.87. The quantitative estimate of drug-likeness (QED) is 0.860. The van der Waals surface area contributed by atoms with Crippen molar-refractivity contribution in [3.05, 3.63) is 35.2 Å². The smallest absolute Gasteiger partial charge is 0.250 e. The van der Waals surface area contributed by atoms with Gasteiger partial charge in [0.05, 0.1) is 6.33 Å². The number of aromatic amines is 1. The van der Waals surface area contributed by atoms with Crippen molar-refractivity contribution in [2.75, 3.05) is 6.54 Å². The van der Waals surface area contributed by atoms with Gasteiger partial charge in [-0.25, -0.2) is 18.1 Å². The first-order chi connectivity index (χ1) is 8.08. The fraction of sp³-hybridized carbons (Fsp3) is 0.300. The van der Waals surface area contributed by atoms with Crippen molar-refractivity contribution in [3.8, 4) is 0 Å². The lowest BCUT2D eigenvalue weighted by molar-refractivity contribution is 0.583. The first-order valence-electron chi connectivity index (χ1n) is 5.11. The number of nitrogens with zero attached hydrogens (tertiary/aromatic N) is 1. The molecular formula is C10H13N3O2S2. The molecule has 0 radical (unpaired) electrons. The predicted molar refractivity (Wildman–Crippen MR) is 66.5 cm³/mol. The van der Waals surface area contributed by atoms with Gasteiger partial charge in [-0.15, -0.1) is 11.3 Å². The maximum atomic E-state index is 11.8. The molecule has 0 aliphatic rings. The molecule has 0 atom stereocenters. The summed E-state index contributed by atoms with van der Waals surface area (Å²) in [5, 5.41) is 0. The van der Waals surface area contributed by atoms with Crippen LogP contribution in [0.1, 0.15) is 10.6 Å². The van der Waals surface area contributed by atoms with E-state index in [4.69, 9.17) is 0 Å². The highest BCUT2D eigenvalue weighted by atomic mass is 32.2. The summed E-state index contributed by atoms with van der Waals surface area (Å²) in [7, 11) is -3.36. The average Bonchev–Trinajstić information content (AvgIpc) is 2.89. The van der Waals surface area contributed by atoms with Gasteiger partial charge in [-0.2, -0.15) is 0 Å². The van der Waals surface area contributed by atoms with E-state index in [1.807, 2.05) is 6.92 Å². The Labute approximate surface area is 104 Å². The minimum absolute atomic E-state index is 0.361. The van der Waals surface area contributed by atoms with Gasteiger partial charge in [0.2, 0.25) is 10.0 Å². The van der Waals surface area contributed by atoms with Crippen molar-refractivity contribution >= 4 is 21.4 Å². The van der Waals surface area contributed by atoms with E-state index in [1.54, 1.807) is 24.7 Å². The summed E-state index contributed by atoms with van der Waals surface area (Å²) >= 11 is 1.27. The molecule has 92 valence electrons. The third-order valence-corrected chi connectivity index (χ3v) is 5.18. The van der Waals surface area contributed by atoms with E-state index in [2.05, 4.69) is 14.7 Å². The van der Waals surface area contributed by atoms with Crippen LogP contribution in [0.2, 0.25) is 0 Å². The van der Waals surface area contributed by atoms with Crippen molar-refractivity contribution < 1.29 is 8.42 Å². The molecule has 0 spiro atoms. The van der Waals surface area contributed by atoms with Gasteiger partial charge in [0, 0.05) is 29.7 Å². The number of hydrogen-bond acceptors (Lipinski definition) is 4. The fourth-order valence-electron chi connectivity index (χ4n) is 1.37. The number of aromatic nitrogens is 2. The normalized spacial score (nSPS) is 11.8. The monoisotopic (exact) mass is 271 g/mol. The number of H-pyrrole nitrogens is 1. The summed E-state index contributed by atoms with van der Waals surface area (Å²) in [5.41, 5.74) is 0.912. The molecule has 0 unspecified atom stereocenters. The summed E-state index contributed by atoms with van der Waals surface area (Å²) in [4.78, 5) is 7.78. The second kappa shape index (κ2) is 4.99. The summed E-state index contributed by atoms with van der Waals surface area (Å²) in [5.74, 6) is 0. The molecular weight excluding hydrogens is 258 g/mol. The summed E-state index contributed by atoms with van der Waals surface area (Å²) < 4.78 is 26.6. The lowest BCUT2D eigenvalue weighted by Gasteiger charge is -2.03. The molecule has 0 fully saturated rings. The maximum Gasteiger partial charge on any atom is 0.250 e. The van der Waals surface area contributed by atoms with Gasteiger partial charge in [-0.05, 0) is 19.1 Å². The van der Waals surface area contributed by atoms with Gasteiger partial charge in [0.1, 0.15) is 4.21 Å². The molecule has 2 aromatic rings. The maximum absolute atomic E-state index is 11.8. The van der Waals surface area contributed by atoms with E-state index in [1.165, 1.54) is 11.3 Å². The van der Waals surface area contributed by atoms with Gasteiger partial charge in [0.15, 0.2) is 0 Å². The molecule has 5 nitrogen and oxygen atoms in total. The van der Waals surface area contributed by atoms with Gasteiger partial charge in [0.25, 0.3) is 0 Å². The zero-order valence-electron chi connectivity index (χ0n) is 9.30. The Kier molecular flexibility index (Phi) is 3.60. The highest BCUT2D eigenvalue weighted by molar-refractivity contribution is 7.91. The third kappa shape index (κ3) is 3.15. The molecule has 17 heavy (non-hydrogen) atoms. The number of nitrogens with one attached hydrogen (secondary N) is 2. The highest BCUT2D eigenvalue weighted by Gasteiger charge is 2.15. The van der Waals surface area contributed by atoms with Crippen LogP contribution < -0.4 is 4.72 Å². The minimum atomic E-state index is -3.36. The van der Waals surface area contributed by atoms with Crippen LogP contribution >= 0.6 is 11.3 Å².